The quantitative estimate of drug-likeness (QED) is 0.517. The molecule has 9 heteroatoms. The van der Waals surface area contributed by atoms with Gasteiger partial charge in [-0.2, -0.15) is 0 Å². The average Bonchev–Trinajstić information content (AvgIpc) is 3.43. The van der Waals surface area contributed by atoms with Crippen molar-refractivity contribution in [1.82, 2.24) is 10.2 Å². The smallest absolute Gasteiger partial charge is 0.248 e. The van der Waals surface area contributed by atoms with Gasteiger partial charge in [0, 0.05) is 36.8 Å². The lowest BCUT2D eigenvalue weighted by Gasteiger charge is -2.39. The second-order valence-electron chi connectivity index (χ2n) is 9.65. The maximum absolute atomic E-state index is 13.8. The van der Waals surface area contributed by atoms with Gasteiger partial charge in [-0.15, -0.1) is 11.8 Å². The van der Waals surface area contributed by atoms with Crippen LogP contribution in [0.1, 0.15) is 34.1 Å². The van der Waals surface area contributed by atoms with Crippen molar-refractivity contribution in [2.24, 2.45) is 17.8 Å². The number of fused-ring (bicyclic) bond motifs is 1. The predicted molar refractivity (Wildman–Crippen MR) is 135 cm³/mol. The number of carbonyl (C=O) groups is 3. The van der Waals surface area contributed by atoms with Gasteiger partial charge in [0.05, 0.1) is 29.2 Å². The molecule has 3 aliphatic heterocycles. The molecule has 7 atom stereocenters. The number of thioether (sulfide) groups is 1. The first-order chi connectivity index (χ1) is 16.2. The summed E-state index contributed by atoms with van der Waals surface area (Å²) in [7, 11) is 1.59. The summed E-state index contributed by atoms with van der Waals surface area (Å²) >= 11 is 1.63. The van der Waals surface area contributed by atoms with Gasteiger partial charge < -0.3 is 25.5 Å². The molecule has 1 spiro atoms. The lowest BCUT2D eigenvalue weighted by atomic mass is 9.66. The van der Waals surface area contributed by atoms with Gasteiger partial charge in [-0.3, -0.25) is 14.4 Å². The Morgan fingerprint density at radius 3 is 2.44 bits per heavy atom. The minimum atomic E-state index is -0.755. The molecular weight excluding hydrogens is 452 g/mol. The van der Waals surface area contributed by atoms with Gasteiger partial charge in [-0.1, -0.05) is 6.92 Å². The number of anilines is 2. The predicted octanol–water partition coefficient (Wildman–Crippen LogP) is 1.94. The van der Waals surface area contributed by atoms with E-state index in [0.717, 1.165) is 25.2 Å². The lowest BCUT2D eigenvalue weighted by molar-refractivity contribution is -0.141. The summed E-state index contributed by atoms with van der Waals surface area (Å²) in [4.78, 5) is 44.1. The molecule has 0 radical (unpaired) electrons. The van der Waals surface area contributed by atoms with Crippen LogP contribution in [0.5, 0.6) is 0 Å². The third-order valence-corrected chi connectivity index (χ3v) is 10.1. The summed E-state index contributed by atoms with van der Waals surface area (Å²) in [6, 6.07) is 6.45. The third kappa shape index (κ3) is 3.59. The van der Waals surface area contributed by atoms with E-state index in [4.69, 9.17) is 0 Å². The third-order valence-electron chi connectivity index (χ3n) is 7.98. The van der Waals surface area contributed by atoms with Gasteiger partial charge in [-0.05, 0) is 57.4 Å². The molecule has 3 unspecified atom stereocenters. The van der Waals surface area contributed by atoms with Crippen LogP contribution in [0.2, 0.25) is 0 Å². The van der Waals surface area contributed by atoms with E-state index in [1.807, 2.05) is 24.3 Å². The number of hydrogen-bond acceptors (Lipinski definition) is 6. The lowest BCUT2D eigenvalue weighted by Crippen LogP contribution is -2.56. The summed E-state index contributed by atoms with van der Waals surface area (Å²) in [6.45, 7) is 9.59. The van der Waals surface area contributed by atoms with Crippen molar-refractivity contribution in [3.05, 3.63) is 24.3 Å². The highest BCUT2D eigenvalue weighted by molar-refractivity contribution is 8.02. The van der Waals surface area contributed by atoms with Gasteiger partial charge in [-0.25, -0.2) is 0 Å². The number of carbonyl (C=O) groups excluding carboxylic acids is 3. The second kappa shape index (κ2) is 9.41. The van der Waals surface area contributed by atoms with E-state index in [1.165, 1.54) is 0 Å². The van der Waals surface area contributed by atoms with Crippen LogP contribution in [0, 0.1) is 17.8 Å². The van der Waals surface area contributed by atoms with E-state index in [-0.39, 0.29) is 35.5 Å². The fourth-order valence-corrected chi connectivity index (χ4v) is 8.75. The van der Waals surface area contributed by atoms with E-state index in [1.54, 1.807) is 30.6 Å². The number of amides is 3. The van der Waals surface area contributed by atoms with Crippen molar-refractivity contribution in [3.8, 4) is 0 Å². The SMILES string of the molecule is CCN(CC)c1ccc(NC(=O)C2N([C@H](C)CO)C(=O)[C@@H]3[C@H](C(=O)NC)[C@@H]4CC(C)C23S4)cc1. The van der Waals surface area contributed by atoms with Crippen LogP contribution >= 0.6 is 11.8 Å². The first kappa shape index (κ1) is 24.9. The molecule has 3 N–H and O–H groups in total. The van der Waals surface area contributed by atoms with Crippen LogP contribution in [0.25, 0.3) is 0 Å². The van der Waals surface area contributed by atoms with Crippen LogP contribution in [0.15, 0.2) is 24.3 Å². The summed E-state index contributed by atoms with van der Waals surface area (Å²) < 4.78 is -0.687. The van der Waals surface area contributed by atoms with Gasteiger partial charge in [0.25, 0.3) is 0 Å². The van der Waals surface area contributed by atoms with Gasteiger partial charge >= 0.3 is 0 Å². The molecular formula is C25H36N4O4S. The molecule has 3 aliphatic rings. The fourth-order valence-electron chi connectivity index (χ4n) is 6.34. The van der Waals surface area contributed by atoms with Crippen LogP contribution in [-0.4, -0.2) is 76.6 Å². The second-order valence-corrected chi connectivity index (χ2v) is 11.2. The van der Waals surface area contributed by atoms with E-state index >= 15 is 0 Å². The molecule has 3 amide bonds. The Bertz CT molecular complexity index is 953. The first-order valence-corrected chi connectivity index (χ1v) is 13.1. The highest BCUT2D eigenvalue weighted by atomic mass is 32.2. The number of likely N-dealkylation sites (tertiary alicyclic amines) is 1. The van der Waals surface area contributed by atoms with Gasteiger partial charge in [0.15, 0.2) is 0 Å². The standard InChI is InChI=1S/C25H36N4O4S/c1-6-28(7-2)17-10-8-16(9-11-17)27-23(32)21-25-14(3)12-18(34-25)19(22(31)26-5)20(25)24(33)29(21)15(4)13-30/h8-11,14-15,18-21,30H,6-7,12-13H2,1-5H3,(H,26,31)(H,27,32)/t14?,15-,18+,19-,20+,21?,25?/m1/s1. The van der Waals surface area contributed by atoms with E-state index in [0.29, 0.717) is 5.69 Å². The molecule has 3 saturated heterocycles. The number of benzene rings is 1. The molecule has 186 valence electrons. The topological polar surface area (TPSA) is 102 Å². The van der Waals surface area contributed by atoms with Crippen LogP contribution in [-0.2, 0) is 14.4 Å². The average molecular weight is 489 g/mol. The van der Waals surface area contributed by atoms with Crippen molar-refractivity contribution in [1.29, 1.82) is 0 Å². The van der Waals surface area contributed by atoms with E-state index in [9.17, 15) is 19.5 Å². The van der Waals surface area contributed by atoms with Crippen molar-refractivity contribution in [3.63, 3.8) is 0 Å². The Hall–Kier alpha value is -2.26. The summed E-state index contributed by atoms with van der Waals surface area (Å²) in [6.07, 6.45) is 0.788. The Morgan fingerprint density at radius 2 is 1.88 bits per heavy atom. The van der Waals surface area contributed by atoms with Crippen molar-refractivity contribution in [2.75, 3.05) is 37.0 Å². The zero-order valence-corrected chi connectivity index (χ0v) is 21.4. The maximum atomic E-state index is 13.8. The highest BCUT2D eigenvalue weighted by Crippen LogP contribution is 2.68. The molecule has 2 bridgehead atoms. The molecule has 3 fully saturated rings. The Labute approximate surface area is 205 Å². The zero-order valence-electron chi connectivity index (χ0n) is 20.6. The number of nitrogens with zero attached hydrogens (tertiary/aromatic N) is 2. The fraction of sp³-hybridized carbons (Fsp3) is 0.640. The Kier molecular flexibility index (Phi) is 6.88. The summed E-state index contributed by atoms with van der Waals surface area (Å²) in [5.41, 5.74) is 1.75. The van der Waals surface area contributed by atoms with Gasteiger partial charge in [0.2, 0.25) is 17.7 Å². The number of hydrogen-bond donors (Lipinski definition) is 3. The number of aliphatic hydroxyl groups excluding tert-OH is 1. The highest BCUT2D eigenvalue weighted by Gasteiger charge is 2.76. The molecule has 34 heavy (non-hydrogen) atoms. The molecule has 4 rings (SSSR count). The maximum Gasteiger partial charge on any atom is 0.248 e. The van der Waals surface area contributed by atoms with Crippen molar-refractivity contribution in [2.45, 2.75) is 56.2 Å². The van der Waals surface area contributed by atoms with Crippen LogP contribution < -0.4 is 15.5 Å². The largest absolute Gasteiger partial charge is 0.394 e. The monoisotopic (exact) mass is 488 g/mol. The number of nitrogens with one attached hydrogen (secondary N) is 2. The number of aliphatic hydroxyl groups is 1. The molecule has 8 nitrogen and oxygen atoms in total. The van der Waals surface area contributed by atoms with Crippen molar-refractivity contribution >= 4 is 40.9 Å². The molecule has 1 aromatic rings. The Balaban J connectivity index is 1.68. The molecule has 3 heterocycles. The first-order valence-electron chi connectivity index (χ1n) is 12.2. The van der Waals surface area contributed by atoms with Gasteiger partial charge in [0.1, 0.15) is 6.04 Å². The van der Waals surface area contributed by atoms with Crippen LogP contribution in [0.3, 0.4) is 0 Å². The normalized spacial score (nSPS) is 32.5. The summed E-state index contributed by atoms with van der Waals surface area (Å²) in [5.74, 6) is -1.54. The van der Waals surface area contributed by atoms with E-state index in [2.05, 4.69) is 36.3 Å². The van der Waals surface area contributed by atoms with Crippen LogP contribution in [0.4, 0.5) is 11.4 Å². The number of rotatable bonds is 8. The molecule has 1 aromatic carbocycles. The summed E-state index contributed by atoms with van der Waals surface area (Å²) in [5, 5.41) is 15.7. The zero-order chi connectivity index (χ0) is 24.8. The molecule has 0 saturated carbocycles. The Morgan fingerprint density at radius 1 is 1.24 bits per heavy atom. The minimum Gasteiger partial charge on any atom is -0.394 e. The molecule has 0 aromatic heterocycles. The minimum absolute atomic E-state index is 0.0131. The van der Waals surface area contributed by atoms with E-state index < -0.39 is 28.7 Å². The molecule has 0 aliphatic carbocycles. The van der Waals surface area contributed by atoms with Crippen molar-refractivity contribution < 1.29 is 19.5 Å².